The predicted octanol–water partition coefficient (Wildman–Crippen LogP) is 3.58. The van der Waals surface area contributed by atoms with Crippen molar-refractivity contribution in [3.63, 3.8) is 0 Å². The first-order valence-corrected chi connectivity index (χ1v) is 12.2. The van der Waals surface area contributed by atoms with Crippen molar-refractivity contribution in [2.75, 3.05) is 37.6 Å². The maximum Gasteiger partial charge on any atom is 0.290 e. The Morgan fingerprint density at radius 1 is 1.12 bits per heavy atom. The number of hydrogen-bond acceptors (Lipinski definition) is 9. The summed E-state index contributed by atoms with van der Waals surface area (Å²) in [7, 11) is 1.63. The number of aromatic nitrogens is 6. The SMILES string of the molecule is COCCOCCn1cc(NC(=O)c2cccc(Nc3ccc4n[nH]cc4c3)n2)c(-c2ccccn2)n1.O=CO. The molecule has 4 heterocycles. The first kappa shape index (κ1) is 27.9. The summed E-state index contributed by atoms with van der Waals surface area (Å²) in [6.07, 6.45) is 5.28. The number of ether oxygens (including phenoxy) is 2. The fraction of sp³-hybridized carbons (Fsp3) is 0.185. The number of nitrogens with zero attached hydrogens (tertiary/aromatic N) is 5. The van der Waals surface area contributed by atoms with E-state index in [9.17, 15) is 4.79 Å². The first-order chi connectivity index (χ1) is 19.6. The van der Waals surface area contributed by atoms with Crippen LogP contribution in [0.1, 0.15) is 10.5 Å². The lowest BCUT2D eigenvalue weighted by atomic mass is 10.2. The number of benzene rings is 1. The summed E-state index contributed by atoms with van der Waals surface area (Å²) in [6.45, 7) is 1.75. The van der Waals surface area contributed by atoms with Crippen LogP contribution in [0.3, 0.4) is 0 Å². The highest BCUT2D eigenvalue weighted by Crippen LogP contribution is 2.26. The molecule has 40 heavy (non-hydrogen) atoms. The number of methoxy groups -OCH3 is 1. The Bertz CT molecular complexity index is 1540. The highest BCUT2D eigenvalue weighted by atomic mass is 16.5. The van der Waals surface area contributed by atoms with E-state index >= 15 is 0 Å². The monoisotopic (exact) mass is 544 g/mol. The van der Waals surface area contributed by atoms with Crippen molar-refractivity contribution in [1.82, 2.24) is 29.9 Å². The first-order valence-electron chi connectivity index (χ1n) is 12.2. The zero-order valence-electron chi connectivity index (χ0n) is 21.7. The Kier molecular flexibility index (Phi) is 9.85. The lowest BCUT2D eigenvalue weighted by Crippen LogP contribution is -2.14. The number of aromatic amines is 1. The Morgan fingerprint density at radius 2 is 2.00 bits per heavy atom. The molecular weight excluding hydrogens is 516 g/mol. The third-order valence-electron chi connectivity index (χ3n) is 5.50. The largest absolute Gasteiger partial charge is 0.483 e. The minimum Gasteiger partial charge on any atom is -0.483 e. The summed E-state index contributed by atoms with van der Waals surface area (Å²) in [5.74, 6) is 0.186. The molecule has 0 saturated heterocycles. The third kappa shape index (κ3) is 7.46. The van der Waals surface area contributed by atoms with Gasteiger partial charge in [0, 0.05) is 36.8 Å². The minimum absolute atomic E-state index is 0.250. The van der Waals surface area contributed by atoms with E-state index in [1.807, 2.05) is 42.6 Å². The van der Waals surface area contributed by atoms with Gasteiger partial charge in [0.25, 0.3) is 12.4 Å². The van der Waals surface area contributed by atoms with Gasteiger partial charge in [0.15, 0.2) is 0 Å². The van der Waals surface area contributed by atoms with Crippen LogP contribution in [0.25, 0.3) is 22.3 Å². The van der Waals surface area contributed by atoms with Gasteiger partial charge in [-0.05, 0) is 42.5 Å². The molecule has 0 atom stereocenters. The normalized spacial score (nSPS) is 10.5. The molecule has 4 N–H and O–H groups in total. The van der Waals surface area contributed by atoms with Gasteiger partial charge in [-0.15, -0.1) is 0 Å². The van der Waals surface area contributed by atoms with E-state index in [0.29, 0.717) is 49.3 Å². The maximum atomic E-state index is 13.2. The fourth-order valence-corrected chi connectivity index (χ4v) is 3.71. The molecule has 0 aliphatic heterocycles. The Morgan fingerprint density at radius 3 is 2.80 bits per heavy atom. The van der Waals surface area contributed by atoms with Crippen LogP contribution in [-0.4, -0.2) is 74.4 Å². The second-order valence-corrected chi connectivity index (χ2v) is 8.23. The maximum absolute atomic E-state index is 13.2. The second-order valence-electron chi connectivity index (χ2n) is 8.23. The zero-order chi connectivity index (χ0) is 28.2. The number of carbonyl (C=O) groups excluding carboxylic acids is 1. The van der Waals surface area contributed by atoms with Crippen LogP contribution < -0.4 is 10.6 Å². The van der Waals surface area contributed by atoms with E-state index < -0.39 is 0 Å². The molecule has 0 unspecified atom stereocenters. The van der Waals surface area contributed by atoms with Crippen molar-refractivity contribution < 1.29 is 24.2 Å². The molecule has 0 radical (unpaired) electrons. The molecule has 0 aliphatic carbocycles. The van der Waals surface area contributed by atoms with Gasteiger partial charge in [0.1, 0.15) is 17.2 Å². The topological polar surface area (TPSA) is 169 Å². The third-order valence-corrected chi connectivity index (χ3v) is 5.50. The number of amides is 1. The average Bonchev–Trinajstić information content (AvgIpc) is 3.60. The summed E-state index contributed by atoms with van der Waals surface area (Å²) < 4.78 is 12.3. The second kappa shape index (κ2) is 14.1. The number of fused-ring (bicyclic) bond motifs is 1. The van der Waals surface area contributed by atoms with Gasteiger partial charge in [0.05, 0.1) is 43.3 Å². The molecule has 5 rings (SSSR count). The molecule has 0 spiro atoms. The smallest absolute Gasteiger partial charge is 0.290 e. The molecule has 13 nitrogen and oxygen atoms in total. The van der Waals surface area contributed by atoms with Gasteiger partial charge in [-0.2, -0.15) is 10.2 Å². The summed E-state index contributed by atoms with van der Waals surface area (Å²) >= 11 is 0. The van der Waals surface area contributed by atoms with E-state index in [2.05, 4.69) is 35.9 Å². The number of carbonyl (C=O) groups is 2. The van der Waals surface area contributed by atoms with E-state index in [4.69, 9.17) is 19.4 Å². The number of anilines is 3. The Hall–Kier alpha value is -5.14. The predicted molar refractivity (Wildman–Crippen MR) is 148 cm³/mol. The van der Waals surface area contributed by atoms with Crippen molar-refractivity contribution in [3.05, 3.63) is 78.9 Å². The van der Waals surface area contributed by atoms with Crippen molar-refractivity contribution in [3.8, 4) is 11.4 Å². The average molecular weight is 545 g/mol. The van der Waals surface area contributed by atoms with Crippen molar-refractivity contribution in [1.29, 1.82) is 0 Å². The lowest BCUT2D eigenvalue weighted by Gasteiger charge is -2.08. The van der Waals surface area contributed by atoms with E-state index in [0.717, 1.165) is 16.6 Å². The Balaban J connectivity index is 0.00000118. The summed E-state index contributed by atoms with van der Waals surface area (Å²) in [4.78, 5) is 30.4. The van der Waals surface area contributed by atoms with Crippen LogP contribution in [0, 0.1) is 0 Å². The fourth-order valence-electron chi connectivity index (χ4n) is 3.71. The summed E-state index contributed by atoms with van der Waals surface area (Å²) in [6, 6.07) is 16.6. The van der Waals surface area contributed by atoms with Gasteiger partial charge in [-0.25, -0.2) is 4.98 Å². The Labute approximate surface area is 229 Å². The van der Waals surface area contributed by atoms with Gasteiger partial charge >= 0.3 is 0 Å². The van der Waals surface area contributed by atoms with Gasteiger partial charge in [-0.3, -0.25) is 24.4 Å². The van der Waals surface area contributed by atoms with E-state index in [1.165, 1.54) is 0 Å². The molecule has 1 aromatic carbocycles. The number of hydrogen-bond donors (Lipinski definition) is 4. The van der Waals surface area contributed by atoms with Crippen LogP contribution in [0.5, 0.6) is 0 Å². The number of pyridine rings is 2. The lowest BCUT2D eigenvalue weighted by molar-refractivity contribution is -0.122. The minimum atomic E-state index is -0.359. The van der Waals surface area contributed by atoms with Gasteiger partial charge in [0.2, 0.25) is 0 Å². The molecule has 0 fully saturated rings. The van der Waals surface area contributed by atoms with Crippen LogP contribution in [0.2, 0.25) is 0 Å². The molecule has 1 amide bonds. The number of nitrogens with one attached hydrogen (secondary N) is 3. The van der Waals surface area contributed by atoms with Crippen LogP contribution in [0.15, 0.2) is 73.2 Å². The van der Waals surface area contributed by atoms with Crippen LogP contribution >= 0.6 is 0 Å². The number of rotatable bonds is 11. The molecule has 4 aromatic heterocycles. The van der Waals surface area contributed by atoms with Gasteiger partial charge < -0.3 is 25.2 Å². The quantitative estimate of drug-likeness (QED) is 0.142. The molecule has 13 heteroatoms. The molecular formula is C27H28N8O5. The highest BCUT2D eigenvalue weighted by Gasteiger charge is 2.17. The van der Waals surface area contributed by atoms with E-state index in [-0.39, 0.29) is 18.1 Å². The van der Waals surface area contributed by atoms with Crippen molar-refractivity contribution in [2.24, 2.45) is 0 Å². The number of H-pyrrole nitrogens is 1. The standard InChI is InChI=1S/C26H26N8O3.CH2O2/c1-36-13-14-37-12-11-34-17-23(25(33-34)21-5-2-3-10-27-21)31-26(35)22-6-4-7-24(30-22)29-19-8-9-20-18(15-19)16-28-32-20;2-1-3/h2-10,15-17H,11-14H2,1H3,(H,28,32)(H,29,30)(H,31,35);1H,(H,2,3). The molecule has 0 saturated carbocycles. The molecule has 0 aliphatic rings. The van der Waals surface area contributed by atoms with E-state index in [1.54, 1.807) is 42.4 Å². The molecule has 0 bridgehead atoms. The van der Waals surface area contributed by atoms with Crippen LogP contribution in [-0.2, 0) is 20.8 Å². The van der Waals surface area contributed by atoms with Crippen molar-refractivity contribution >= 4 is 40.5 Å². The molecule has 206 valence electrons. The zero-order valence-corrected chi connectivity index (χ0v) is 21.7. The van der Waals surface area contributed by atoms with Crippen molar-refractivity contribution in [2.45, 2.75) is 6.54 Å². The molecule has 5 aromatic rings. The highest BCUT2D eigenvalue weighted by molar-refractivity contribution is 6.04. The van der Waals surface area contributed by atoms with Crippen LogP contribution in [0.4, 0.5) is 17.2 Å². The number of carboxylic acid groups (broad SMARTS) is 1. The summed E-state index contributed by atoms with van der Waals surface area (Å²) in [5, 5.41) is 25.7. The summed E-state index contributed by atoms with van der Waals surface area (Å²) in [5.41, 5.74) is 3.72. The van der Waals surface area contributed by atoms with Gasteiger partial charge in [-0.1, -0.05) is 12.1 Å².